The van der Waals surface area contributed by atoms with Gasteiger partial charge in [-0.15, -0.1) is 0 Å². The van der Waals surface area contributed by atoms with Crippen molar-refractivity contribution < 1.29 is 18.0 Å². The molecule has 2 rings (SSSR count). The van der Waals surface area contributed by atoms with E-state index in [1.54, 1.807) is 0 Å². The first-order chi connectivity index (χ1) is 8.09. The van der Waals surface area contributed by atoms with Gasteiger partial charge in [-0.25, -0.2) is 22.8 Å². The molecule has 1 atom stereocenters. The van der Waals surface area contributed by atoms with Crippen LogP contribution in [-0.2, 0) is 0 Å². The Morgan fingerprint density at radius 1 is 1.35 bits per heavy atom. The van der Waals surface area contributed by atoms with E-state index in [0.717, 1.165) is 24.8 Å². The molecule has 0 N–H and O–H groups in total. The highest BCUT2D eigenvalue weighted by atomic mass is 19.1. The second-order valence-electron chi connectivity index (χ2n) is 3.20. The summed E-state index contributed by atoms with van der Waals surface area (Å²) in [7, 11) is 0. The van der Waals surface area contributed by atoms with Crippen molar-refractivity contribution in [1.82, 2.24) is 14.8 Å². The molecule has 0 aliphatic carbocycles. The van der Waals surface area contributed by atoms with Crippen molar-refractivity contribution in [3.8, 4) is 0 Å². The predicted octanol–water partition coefficient (Wildman–Crippen LogP) is 1.91. The minimum absolute atomic E-state index is 0.515. The third-order valence-corrected chi connectivity index (χ3v) is 2.08. The van der Waals surface area contributed by atoms with Crippen LogP contribution in [0.1, 0.15) is 16.7 Å². The van der Waals surface area contributed by atoms with Crippen molar-refractivity contribution in [2.75, 3.05) is 0 Å². The summed E-state index contributed by atoms with van der Waals surface area (Å²) in [6.45, 7) is 0. The van der Waals surface area contributed by atoms with Crippen LogP contribution < -0.4 is 0 Å². The third-order valence-electron chi connectivity index (χ3n) is 2.08. The van der Waals surface area contributed by atoms with Crippen LogP contribution in [0.15, 0.2) is 30.9 Å². The Bertz CT molecular complexity index is 542. The Balaban J connectivity index is 2.31. The van der Waals surface area contributed by atoms with Gasteiger partial charge in [-0.1, -0.05) is 0 Å². The predicted molar refractivity (Wildman–Crippen MR) is 50.9 cm³/mol. The molecule has 0 amide bonds. The molecule has 1 aromatic carbocycles. The fourth-order valence-electron chi connectivity index (χ4n) is 1.27. The maximum Gasteiger partial charge on any atom is 0.255 e. The van der Waals surface area contributed by atoms with E-state index < -0.39 is 29.3 Å². The SMILES string of the molecule is O=C(c1ccc(F)cc1F)C(F)n1cncn1. The molecule has 0 bridgehead atoms. The molecule has 0 saturated heterocycles. The second kappa shape index (κ2) is 4.36. The number of rotatable bonds is 3. The minimum atomic E-state index is -2.18. The Morgan fingerprint density at radius 2 is 2.12 bits per heavy atom. The molecule has 4 nitrogen and oxygen atoms in total. The smallest absolute Gasteiger partial charge is 0.255 e. The van der Waals surface area contributed by atoms with Crippen LogP contribution in [-0.4, -0.2) is 20.5 Å². The van der Waals surface area contributed by atoms with E-state index in [9.17, 15) is 18.0 Å². The fraction of sp³-hybridized carbons (Fsp3) is 0.100. The van der Waals surface area contributed by atoms with Gasteiger partial charge >= 0.3 is 0 Å². The average molecular weight is 241 g/mol. The maximum absolute atomic E-state index is 13.6. The number of hydrogen-bond donors (Lipinski definition) is 0. The number of carbonyl (C=O) groups is 1. The lowest BCUT2D eigenvalue weighted by Crippen LogP contribution is -2.17. The summed E-state index contributed by atoms with van der Waals surface area (Å²) in [5.74, 6) is -3.10. The normalized spacial score (nSPS) is 12.4. The van der Waals surface area contributed by atoms with E-state index in [4.69, 9.17) is 0 Å². The van der Waals surface area contributed by atoms with Gasteiger partial charge in [-0.2, -0.15) is 5.10 Å². The molecule has 88 valence electrons. The van der Waals surface area contributed by atoms with Crippen LogP contribution in [0.3, 0.4) is 0 Å². The monoisotopic (exact) mass is 241 g/mol. The largest absolute Gasteiger partial charge is 0.288 e. The summed E-state index contributed by atoms with van der Waals surface area (Å²) in [4.78, 5) is 15.0. The quantitative estimate of drug-likeness (QED) is 0.771. The third kappa shape index (κ3) is 2.17. The van der Waals surface area contributed by atoms with Crippen molar-refractivity contribution in [3.05, 3.63) is 48.1 Å². The Kier molecular flexibility index (Phi) is 2.90. The topological polar surface area (TPSA) is 47.8 Å². The lowest BCUT2D eigenvalue weighted by Gasteiger charge is -2.07. The van der Waals surface area contributed by atoms with Gasteiger partial charge in [0.25, 0.3) is 6.30 Å². The summed E-state index contributed by atoms with van der Waals surface area (Å²) in [6.07, 6.45) is -0.150. The molecule has 7 heteroatoms. The number of carbonyl (C=O) groups excluding carboxylic acids is 1. The number of ketones is 1. The van der Waals surface area contributed by atoms with Crippen molar-refractivity contribution in [3.63, 3.8) is 0 Å². The molecule has 0 radical (unpaired) electrons. The second-order valence-corrected chi connectivity index (χ2v) is 3.20. The number of alkyl halides is 1. The van der Waals surface area contributed by atoms with Crippen LogP contribution in [0.5, 0.6) is 0 Å². The van der Waals surface area contributed by atoms with Crippen LogP contribution in [0.2, 0.25) is 0 Å². The number of nitrogens with zero attached hydrogens (tertiary/aromatic N) is 3. The van der Waals surface area contributed by atoms with E-state index in [1.165, 1.54) is 0 Å². The van der Waals surface area contributed by atoms with E-state index in [2.05, 4.69) is 10.1 Å². The molecule has 1 aromatic heterocycles. The van der Waals surface area contributed by atoms with Gasteiger partial charge in [0.05, 0.1) is 5.56 Å². The van der Waals surface area contributed by atoms with Gasteiger partial charge < -0.3 is 0 Å². The van der Waals surface area contributed by atoms with Gasteiger partial charge in [-0.3, -0.25) is 4.79 Å². The highest BCUT2D eigenvalue weighted by Crippen LogP contribution is 2.18. The van der Waals surface area contributed by atoms with Crippen LogP contribution >= 0.6 is 0 Å². The maximum atomic E-state index is 13.6. The summed E-state index contributed by atoms with van der Waals surface area (Å²) in [6, 6.07) is 2.28. The first-order valence-electron chi connectivity index (χ1n) is 4.57. The summed E-state index contributed by atoms with van der Waals surface area (Å²) < 4.78 is 40.1. The van der Waals surface area contributed by atoms with Crippen LogP contribution in [0.4, 0.5) is 13.2 Å². The van der Waals surface area contributed by atoms with Gasteiger partial charge in [0.1, 0.15) is 24.3 Å². The number of aromatic nitrogens is 3. The van der Waals surface area contributed by atoms with Gasteiger partial charge in [-0.05, 0) is 12.1 Å². The zero-order valence-corrected chi connectivity index (χ0v) is 8.35. The lowest BCUT2D eigenvalue weighted by atomic mass is 10.1. The number of hydrogen-bond acceptors (Lipinski definition) is 3. The highest BCUT2D eigenvalue weighted by Gasteiger charge is 2.24. The van der Waals surface area contributed by atoms with Gasteiger partial charge in [0.15, 0.2) is 0 Å². The standard InChI is InChI=1S/C10H6F3N3O/c11-6-1-2-7(8(12)3-6)9(17)10(13)16-5-14-4-15-16/h1-5,10H. The molecule has 1 unspecified atom stereocenters. The van der Waals surface area contributed by atoms with E-state index >= 15 is 0 Å². The molecule has 2 aromatic rings. The van der Waals surface area contributed by atoms with Crippen molar-refractivity contribution in [1.29, 1.82) is 0 Å². The Hall–Kier alpha value is -2.18. The zero-order chi connectivity index (χ0) is 12.4. The lowest BCUT2D eigenvalue weighted by molar-refractivity contribution is 0.0774. The van der Waals surface area contributed by atoms with Crippen molar-refractivity contribution >= 4 is 5.78 Å². The molecular weight excluding hydrogens is 235 g/mol. The highest BCUT2D eigenvalue weighted by molar-refractivity contribution is 5.98. The number of halogens is 3. The van der Waals surface area contributed by atoms with Gasteiger partial charge in [0, 0.05) is 6.07 Å². The van der Waals surface area contributed by atoms with E-state index in [1.807, 2.05) is 0 Å². The molecular formula is C10H6F3N3O. The van der Waals surface area contributed by atoms with Crippen molar-refractivity contribution in [2.45, 2.75) is 6.30 Å². The molecule has 0 aliphatic heterocycles. The summed E-state index contributed by atoms with van der Waals surface area (Å²) in [5.41, 5.74) is -0.533. The molecule has 1 heterocycles. The first kappa shape index (κ1) is 11.3. The van der Waals surface area contributed by atoms with Crippen LogP contribution in [0.25, 0.3) is 0 Å². The summed E-state index contributed by atoms with van der Waals surface area (Å²) in [5, 5.41) is 3.42. The molecule has 17 heavy (non-hydrogen) atoms. The van der Waals surface area contributed by atoms with Gasteiger partial charge in [0.2, 0.25) is 5.78 Å². The molecule has 0 fully saturated rings. The Labute approximate surface area is 93.7 Å². The fourth-order valence-corrected chi connectivity index (χ4v) is 1.27. The summed E-state index contributed by atoms with van der Waals surface area (Å²) >= 11 is 0. The number of benzene rings is 1. The van der Waals surface area contributed by atoms with E-state index in [0.29, 0.717) is 10.7 Å². The minimum Gasteiger partial charge on any atom is -0.288 e. The van der Waals surface area contributed by atoms with E-state index in [-0.39, 0.29) is 0 Å². The van der Waals surface area contributed by atoms with Crippen LogP contribution in [0, 0.1) is 11.6 Å². The first-order valence-corrected chi connectivity index (χ1v) is 4.57. The molecule has 0 aliphatic rings. The molecule has 0 saturated carbocycles. The molecule has 0 spiro atoms. The zero-order valence-electron chi connectivity index (χ0n) is 8.35. The Morgan fingerprint density at radius 3 is 2.71 bits per heavy atom. The van der Waals surface area contributed by atoms with Crippen molar-refractivity contribution in [2.24, 2.45) is 0 Å². The number of Topliss-reactive ketones (excluding diaryl/α,β-unsaturated/α-hetero) is 1. The average Bonchev–Trinajstić information content (AvgIpc) is 2.80.